The molecule has 0 unspecified atom stereocenters. The van der Waals surface area contributed by atoms with Crippen molar-refractivity contribution in [2.75, 3.05) is 6.54 Å². The van der Waals surface area contributed by atoms with E-state index in [0.29, 0.717) is 5.75 Å². The van der Waals surface area contributed by atoms with Crippen LogP contribution in [0.1, 0.15) is 64.0 Å². The fourth-order valence-electron chi connectivity index (χ4n) is 3.04. The van der Waals surface area contributed by atoms with Gasteiger partial charge in [-0.05, 0) is 36.5 Å². The van der Waals surface area contributed by atoms with E-state index < -0.39 is 0 Å². The Kier molecular flexibility index (Phi) is 6.36. The van der Waals surface area contributed by atoms with Crippen molar-refractivity contribution in [3.63, 3.8) is 0 Å². The van der Waals surface area contributed by atoms with Gasteiger partial charge in [0.25, 0.3) is 0 Å². The predicted octanol–water partition coefficient (Wildman–Crippen LogP) is 4.14. The van der Waals surface area contributed by atoms with Crippen molar-refractivity contribution in [3.05, 3.63) is 29.3 Å². The molecule has 19 heavy (non-hydrogen) atoms. The SMILES string of the molecule is CC.CCc1cc(C2(CN)CCCCC2)ccc1O. The van der Waals surface area contributed by atoms with Gasteiger partial charge in [0.2, 0.25) is 0 Å². The Bertz CT molecular complexity index is 381. The van der Waals surface area contributed by atoms with Gasteiger partial charge in [-0.25, -0.2) is 0 Å². The molecule has 0 spiro atoms. The first-order chi connectivity index (χ1) is 9.22. The summed E-state index contributed by atoms with van der Waals surface area (Å²) in [5.41, 5.74) is 8.57. The molecule has 0 radical (unpaired) electrons. The summed E-state index contributed by atoms with van der Waals surface area (Å²) in [6.45, 7) is 6.80. The maximum atomic E-state index is 9.76. The first kappa shape index (κ1) is 16.0. The van der Waals surface area contributed by atoms with E-state index in [-0.39, 0.29) is 5.41 Å². The quantitative estimate of drug-likeness (QED) is 0.861. The van der Waals surface area contributed by atoms with Gasteiger partial charge < -0.3 is 10.8 Å². The van der Waals surface area contributed by atoms with Crippen LogP contribution in [0, 0.1) is 0 Å². The van der Waals surface area contributed by atoms with Crippen LogP contribution >= 0.6 is 0 Å². The smallest absolute Gasteiger partial charge is 0.118 e. The summed E-state index contributed by atoms with van der Waals surface area (Å²) in [5.74, 6) is 0.416. The van der Waals surface area contributed by atoms with Gasteiger partial charge in [-0.15, -0.1) is 0 Å². The summed E-state index contributed by atoms with van der Waals surface area (Å²) >= 11 is 0. The topological polar surface area (TPSA) is 46.2 Å². The van der Waals surface area contributed by atoms with Crippen LogP contribution in [0.3, 0.4) is 0 Å². The van der Waals surface area contributed by atoms with E-state index in [1.165, 1.54) is 37.7 Å². The molecular formula is C17H29NO. The van der Waals surface area contributed by atoms with Gasteiger partial charge >= 0.3 is 0 Å². The van der Waals surface area contributed by atoms with Crippen LogP contribution in [0.2, 0.25) is 0 Å². The molecular weight excluding hydrogens is 234 g/mol. The fourth-order valence-corrected chi connectivity index (χ4v) is 3.04. The number of phenols is 1. The highest BCUT2D eigenvalue weighted by Gasteiger charge is 2.32. The first-order valence-corrected chi connectivity index (χ1v) is 7.74. The van der Waals surface area contributed by atoms with Gasteiger partial charge in [0.05, 0.1) is 0 Å². The zero-order chi connectivity index (χ0) is 14.3. The molecule has 108 valence electrons. The van der Waals surface area contributed by atoms with Gasteiger partial charge in [-0.1, -0.05) is 52.2 Å². The maximum Gasteiger partial charge on any atom is 0.118 e. The Labute approximate surface area is 118 Å². The molecule has 1 aliphatic carbocycles. The predicted molar refractivity (Wildman–Crippen MR) is 82.7 cm³/mol. The van der Waals surface area contributed by atoms with Crippen molar-refractivity contribution in [2.24, 2.45) is 5.73 Å². The van der Waals surface area contributed by atoms with Crippen LogP contribution in [0.25, 0.3) is 0 Å². The van der Waals surface area contributed by atoms with Crippen LogP contribution in [0.5, 0.6) is 5.75 Å². The van der Waals surface area contributed by atoms with E-state index in [2.05, 4.69) is 19.1 Å². The highest BCUT2D eigenvalue weighted by molar-refractivity contribution is 5.40. The largest absolute Gasteiger partial charge is 0.508 e. The van der Waals surface area contributed by atoms with Gasteiger partial charge in [-0.3, -0.25) is 0 Å². The summed E-state index contributed by atoms with van der Waals surface area (Å²) in [6.07, 6.45) is 7.15. The Morgan fingerprint density at radius 1 is 1.16 bits per heavy atom. The Morgan fingerprint density at radius 3 is 2.32 bits per heavy atom. The van der Waals surface area contributed by atoms with Crippen LogP contribution in [0.15, 0.2) is 18.2 Å². The van der Waals surface area contributed by atoms with Gasteiger partial charge in [0.15, 0.2) is 0 Å². The lowest BCUT2D eigenvalue weighted by Crippen LogP contribution is -2.37. The first-order valence-electron chi connectivity index (χ1n) is 7.74. The molecule has 0 aliphatic heterocycles. The normalized spacial score (nSPS) is 17.5. The van der Waals surface area contributed by atoms with Crippen molar-refractivity contribution in [1.82, 2.24) is 0 Å². The van der Waals surface area contributed by atoms with Crippen molar-refractivity contribution < 1.29 is 5.11 Å². The number of phenolic OH excluding ortho intramolecular Hbond substituents is 1. The molecule has 2 nitrogen and oxygen atoms in total. The van der Waals surface area contributed by atoms with Crippen LogP contribution in [-0.2, 0) is 11.8 Å². The van der Waals surface area contributed by atoms with Crippen molar-refractivity contribution >= 4 is 0 Å². The second-order valence-electron chi connectivity index (χ2n) is 5.24. The zero-order valence-corrected chi connectivity index (χ0v) is 12.7. The van der Waals surface area contributed by atoms with Crippen molar-refractivity contribution in [2.45, 2.75) is 64.7 Å². The average Bonchev–Trinajstić information content (AvgIpc) is 2.50. The summed E-state index contributed by atoms with van der Waals surface area (Å²) < 4.78 is 0. The number of aryl methyl sites for hydroxylation is 1. The van der Waals surface area contributed by atoms with Gasteiger partial charge in [0, 0.05) is 12.0 Å². The Hall–Kier alpha value is -1.02. The highest BCUT2D eigenvalue weighted by atomic mass is 16.3. The van der Waals surface area contributed by atoms with E-state index in [9.17, 15) is 5.11 Å². The third-order valence-electron chi connectivity index (χ3n) is 4.27. The Balaban J connectivity index is 0.000000861. The minimum absolute atomic E-state index is 0.163. The van der Waals surface area contributed by atoms with E-state index in [4.69, 9.17) is 5.73 Å². The Morgan fingerprint density at radius 2 is 1.79 bits per heavy atom. The lowest BCUT2D eigenvalue weighted by atomic mass is 9.69. The summed E-state index contributed by atoms with van der Waals surface area (Å²) in [5, 5.41) is 9.76. The number of rotatable bonds is 3. The lowest BCUT2D eigenvalue weighted by Gasteiger charge is -2.37. The lowest BCUT2D eigenvalue weighted by molar-refractivity contribution is 0.300. The number of aromatic hydroxyl groups is 1. The molecule has 0 atom stereocenters. The fraction of sp³-hybridized carbons (Fsp3) is 0.647. The number of benzene rings is 1. The van der Waals surface area contributed by atoms with E-state index in [0.717, 1.165) is 18.5 Å². The number of hydrogen-bond acceptors (Lipinski definition) is 2. The molecule has 1 fully saturated rings. The van der Waals surface area contributed by atoms with Gasteiger partial charge in [0.1, 0.15) is 5.75 Å². The third-order valence-corrected chi connectivity index (χ3v) is 4.27. The molecule has 0 aromatic heterocycles. The molecule has 0 heterocycles. The number of hydrogen-bond donors (Lipinski definition) is 2. The van der Waals surface area contributed by atoms with Crippen molar-refractivity contribution in [1.29, 1.82) is 0 Å². The summed E-state index contributed by atoms with van der Waals surface area (Å²) in [4.78, 5) is 0. The average molecular weight is 263 g/mol. The molecule has 0 amide bonds. The highest BCUT2D eigenvalue weighted by Crippen LogP contribution is 2.39. The standard InChI is InChI=1S/C15H23NO.C2H6/c1-2-12-10-13(6-7-14(12)17)15(11-16)8-4-3-5-9-15;1-2/h6-7,10,17H,2-5,8-9,11,16H2,1H3;1-2H3. The molecule has 1 saturated carbocycles. The van der Waals surface area contributed by atoms with Crippen LogP contribution in [-0.4, -0.2) is 11.7 Å². The minimum atomic E-state index is 0.163. The second-order valence-corrected chi connectivity index (χ2v) is 5.24. The van der Waals surface area contributed by atoms with E-state index >= 15 is 0 Å². The summed E-state index contributed by atoms with van der Waals surface area (Å²) in [6, 6.07) is 6.06. The number of nitrogens with two attached hydrogens (primary N) is 1. The molecule has 1 aromatic carbocycles. The van der Waals surface area contributed by atoms with E-state index in [1.54, 1.807) is 0 Å². The zero-order valence-electron chi connectivity index (χ0n) is 12.7. The van der Waals surface area contributed by atoms with Crippen LogP contribution < -0.4 is 5.73 Å². The minimum Gasteiger partial charge on any atom is -0.508 e. The molecule has 3 N–H and O–H groups in total. The molecule has 0 bridgehead atoms. The molecule has 1 aromatic rings. The van der Waals surface area contributed by atoms with E-state index in [1.807, 2.05) is 19.9 Å². The van der Waals surface area contributed by atoms with Crippen LogP contribution in [0.4, 0.5) is 0 Å². The van der Waals surface area contributed by atoms with Crippen molar-refractivity contribution in [3.8, 4) is 5.75 Å². The molecule has 2 rings (SSSR count). The van der Waals surface area contributed by atoms with Gasteiger partial charge in [-0.2, -0.15) is 0 Å². The maximum absolute atomic E-state index is 9.76. The second kappa shape index (κ2) is 7.54. The molecule has 0 saturated heterocycles. The summed E-state index contributed by atoms with van der Waals surface area (Å²) in [7, 11) is 0. The monoisotopic (exact) mass is 263 g/mol. The molecule has 2 heteroatoms. The molecule has 1 aliphatic rings. The third kappa shape index (κ3) is 3.50.